The summed E-state index contributed by atoms with van der Waals surface area (Å²) in [5.74, 6) is 0.699. The summed E-state index contributed by atoms with van der Waals surface area (Å²) in [4.78, 5) is 7.88. The van der Waals surface area contributed by atoms with Gasteiger partial charge in [0.15, 0.2) is 5.96 Å². The SMILES string of the molecule is CCNC(=NCCC(O)(c1nccn1C)C(F)(F)F)NCCc1ccc(OC)cc1. The van der Waals surface area contributed by atoms with Gasteiger partial charge in [0, 0.05) is 45.5 Å². The second kappa shape index (κ2) is 10.3. The molecule has 0 saturated heterocycles. The largest absolute Gasteiger partial charge is 0.497 e. The summed E-state index contributed by atoms with van der Waals surface area (Å²) in [6.45, 7) is 2.72. The molecule has 0 aliphatic carbocycles. The number of benzene rings is 1. The maximum Gasteiger partial charge on any atom is 0.424 e. The molecule has 1 heterocycles. The summed E-state index contributed by atoms with van der Waals surface area (Å²) in [5.41, 5.74) is -1.99. The molecule has 0 aliphatic heterocycles. The van der Waals surface area contributed by atoms with Crippen LogP contribution in [0.25, 0.3) is 0 Å². The van der Waals surface area contributed by atoms with Crippen molar-refractivity contribution >= 4 is 5.96 Å². The second-order valence-corrected chi connectivity index (χ2v) is 6.76. The van der Waals surface area contributed by atoms with E-state index < -0.39 is 24.0 Å². The number of hydrogen-bond donors (Lipinski definition) is 3. The number of aliphatic imine (C=N–C) groups is 1. The molecule has 0 bridgehead atoms. The molecule has 0 amide bonds. The number of guanidine groups is 1. The van der Waals surface area contributed by atoms with Gasteiger partial charge in [-0.05, 0) is 31.0 Å². The Bertz CT molecular complexity index is 821. The monoisotopic (exact) mass is 427 g/mol. The molecule has 0 spiro atoms. The smallest absolute Gasteiger partial charge is 0.424 e. The zero-order chi connectivity index (χ0) is 22.2. The van der Waals surface area contributed by atoms with Crippen LogP contribution in [-0.4, -0.2) is 53.5 Å². The van der Waals surface area contributed by atoms with Gasteiger partial charge in [0.25, 0.3) is 0 Å². The minimum Gasteiger partial charge on any atom is -0.497 e. The number of imidazole rings is 1. The minimum atomic E-state index is -4.87. The number of halogens is 3. The molecule has 7 nitrogen and oxygen atoms in total. The quantitative estimate of drug-likeness (QED) is 0.423. The van der Waals surface area contributed by atoms with Crippen LogP contribution < -0.4 is 15.4 Å². The number of ether oxygens (including phenoxy) is 1. The molecule has 1 atom stereocenters. The zero-order valence-corrected chi connectivity index (χ0v) is 17.3. The highest BCUT2D eigenvalue weighted by Gasteiger charge is 2.57. The van der Waals surface area contributed by atoms with Crippen LogP contribution in [0, 0.1) is 0 Å². The number of rotatable bonds is 9. The predicted octanol–water partition coefficient (Wildman–Crippen LogP) is 2.37. The van der Waals surface area contributed by atoms with Gasteiger partial charge in [0.2, 0.25) is 5.60 Å². The van der Waals surface area contributed by atoms with Gasteiger partial charge in [0.05, 0.1) is 7.11 Å². The van der Waals surface area contributed by atoms with Crippen molar-refractivity contribution in [2.75, 3.05) is 26.7 Å². The molecule has 30 heavy (non-hydrogen) atoms. The van der Waals surface area contributed by atoms with E-state index in [1.54, 1.807) is 7.11 Å². The summed E-state index contributed by atoms with van der Waals surface area (Å²) in [6, 6.07) is 7.62. The molecule has 2 rings (SSSR count). The fraction of sp³-hybridized carbons (Fsp3) is 0.500. The first-order valence-electron chi connectivity index (χ1n) is 9.63. The Morgan fingerprint density at radius 1 is 1.23 bits per heavy atom. The molecular weight excluding hydrogens is 399 g/mol. The molecule has 166 valence electrons. The van der Waals surface area contributed by atoms with Crippen LogP contribution in [0.5, 0.6) is 5.75 Å². The lowest BCUT2D eigenvalue weighted by molar-refractivity contribution is -0.272. The van der Waals surface area contributed by atoms with Crippen molar-refractivity contribution in [2.45, 2.75) is 31.5 Å². The Morgan fingerprint density at radius 3 is 2.47 bits per heavy atom. The van der Waals surface area contributed by atoms with Gasteiger partial charge in [-0.1, -0.05) is 12.1 Å². The van der Waals surface area contributed by atoms with E-state index in [4.69, 9.17) is 4.74 Å². The average Bonchev–Trinajstić information content (AvgIpc) is 3.14. The fourth-order valence-corrected chi connectivity index (χ4v) is 2.93. The van der Waals surface area contributed by atoms with Crippen LogP contribution in [0.1, 0.15) is 24.7 Å². The molecular formula is C20H28F3N5O2. The van der Waals surface area contributed by atoms with E-state index in [0.717, 1.165) is 15.9 Å². The molecule has 1 aromatic carbocycles. The van der Waals surface area contributed by atoms with Gasteiger partial charge in [-0.25, -0.2) is 4.98 Å². The first-order chi connectivity index (χ1) is 14.2. The van der Waals surface area contributed by atoms with Crippen LogP contribution in [0.4, 0.5) is 13.2 Å². The second-order valence-electron chi connectivity index (χ2n) is 6.76. The fourth-order valence-electron chi connectivity index (χ4n) is 2.93. The van der Waals surface area contributed by atoms with Gasteiger partial charge in [-0.2, -0.15) is 13.2 Å². The standard InChI is InChI=1S/C20H28F3N5O2/c1-4-24-18(26-11-9-15-5-7-16(30-3)8-6-15)27-12-10-19(29,20(21,22)23)17-25-13-14-28(17)2/h5-8,13-14,29H,4,9-12H2,1-3H3,(H2,24,26,27). The maximum absolute atomic E-state index is 13.6. The highest BCUT2D eigenvalue weighted by molar-refractivity contribution is 5.79. The van der Waals surface area contributed by atoms with Crippen molar-refractivity contribution in [3.8, 4) is 5.75 Å². The van der Waals surface area contributed by atoms with Gasteiger partial charge in [-0.15, -0.1) is 0 Å². The number of aromatic nitrogens is 2. The number of methoxy groups -OCH3 is 1. The van der Waals surface area contributed by atoms with E-state index in [-0.39, 0.29) is 6.54 Å². The van der Waals surface area contributed by atoms with Gasteiger partial charge < -0.3 is 25.0 Å². The molecule has 0 saturated carbocycles. The van der Waals surface area contributed by atoms with Crippen LogP contribution in [-0.2, 0) is 19.1 Å². The Balaban J connectivity index is 1.99. The Hall–Kier alpha value is -2.75. The summed E-state index contributed by atoms with van der Waals surface area (Å²) in [7, 11) is 3.01. The van der Waals surface area contributed by atoms with E-state index in [1.807, 2.05) is 31.2 Å². The van der Waals surface area contributed by atoms with Crippen molar-refractivity contribution in [1.82, 2.24) is 20.2 Å². The van der Waals surface area contributed by atoms with Gasteiger partial charge in [-0.3, -0.25) is 4.99 Å². The summed E-state index contributed by atoms with van der Waals surface area (Å²) >= 11 is 0. The Morgan fingerprint density at radius 2 is 1.93 bits per heavy atom. The van der Waals surface area contributed by atoms with Crippen molar-refractivity contribution in [3.05, 3.63) is 48.0 Å². The molecule has 1 aromatic heterocycles. The highest BCUT2D eigenvalue weighted by atomic mass is 19.4. The number of aryl methyl sites for hydroxylation is 1. The molecule has 10 heteroatoms. The van der Waals surface area contributed by atoms with Crippen molar-refractivity contribution in [2.24, 2.45) is 12.0 Å². The third kappa shape index (κ3) is 5.88. The minimum absolute atomic E-state index is 0.235. The van der Waals surface area contributed by atoms with Crippen molar-refractivity contribution in [1.29, 1.82) is 0 Å². The molecule has 2 aromatic rings. The average molecular weight is 427 g/mol. The first-order valence-corrected chi connectivity index (χ1v) is 9.63. The van der Waals surface area contributed by atoms with E-state index in [0.29, 0.717) is 25.5 Å². The van der Waals surface area contributed by atoms with Crippen LogP contribution >= 0.6 is 0 Å². The number of hydrogen-bond acceptors (Lipinski definition) is 4. The van der Waals surface area contributed by atoms with E-state index in [9.17, 15) is 18.3 Å². The summed E-state index contributed by atoms with van der Waals surface area (Å²) < 4.78 is 47.0. The van der Waals surface area contributed by atoms with Crippen LogP contribution in [0.3, 0.4) is 0 Å². The normalized spacial score (nSPS) is 14.3. The molecule has 1 unspecified atom stereocenters. The van der Waals surface area contributed by atoms with Gasteiger partial charge in [0.1, 0.15) is 11.6 Å². The lowest BCUT2D eigenvalue weighted by atomic mass is 9.98. The molecule has 0 radical (unpaired) electrons. The third-order valence-corrected chi connectivity index (χ3v) is 4.61. The third-order valence-electron chi connectivity index (χ3n) is 4.61. The Kier molecular flexibility index (Phi) is 8.10. The van der Waals surface area contributed by atoms with Crippen molar-refractivity contribution < 1.29 is 23.0 Å². The first kappa shape index (κ1) is 23.5. The van der Waals surface area contributed by atoms with Crippen molar-refractivity contribution in [3.63, 3.8) is 0 Å². The maximum atomic E-state index is 13.6. The lowest BCUT2D eigenvalue weighted by Crippen LogP contribution is -2.45. The number of aliphatic hydroxyl groups is 1. The predicted molar refractivity (Wildman–Crippen MR) is 108 cm³/mol. The topological polar surface area (TPSA) is 83.7 Å². The summed E-state index contributed by atoms with van der Waals surface area (Å²) in [5, 5.41) is 16.5. The van der Waals surface area contributed by atoms with E-state index in [2.05, 4.69) is 20.6 Å². The van der Waals surface area contributed by atoms with E-state index >= 15 is 0 Å². The van der Waals surface area contributed by atoms with Gasteiger partial charge >= 0.3 is 6.18 Å². The number of nitrogens with one attached hydrogen (secondary N) is 2. The highest BCUT2D eigenvalue weighted by Crippen LogP contribution is 2.40. The van der Waals surface area contributed by atoms with Crippen LogP contribution in [0.2, 0.25) is 0 Å². The number of nitrogens with zero attached hydrogens (tertiary/aromatic N) is 3. The molecule has 0 fully saturated rings. The summed E-state index contributed by atoms with van der Waals surface area (Å²) in [6.07, 6.45) is -2.23. The number of alkyl halides is 3. The van der Waals surface area contributed by atoms with Crippen LogP contribution in [0.15, 0.2) is 41.7 Å². The molecule has 0 aliphatic rings. The lowest BCUT2D eigenvalue weighted by Gasteiger charge is -2.29. The Labute approximate surface area is 174 Å². The molecule has 3 N–H and O–H groups in total. The van der Waals surface area contributed by atoms with E-state index in [1.165, 1.54) is 19.4 Å². The zero-order valence-electron chi connectivity index (χ0n) is 17.3.